The van der Waals surface area contributed by atoms with Crippen molar-refractivity contribution in [2.24, 2.45) is 5.92 Å². The maximum absolute atomic E-state index is 10.4. The van der Waals surface area contributed by atoms with Crippen molar-refractivity contribution in [2.75, 3.05) is 0 Å². The van der Waals surface area contributed by atoms with E-state index in [1.165, 1.54) is 5.56 Å². The third-order valence-electron chi connectivity index (χ3n) is 3.27. The average molecular weight is 258 g/mol. The van der Waals surface area contributed by atoms with Crippen molar-refractivity contribution in [2.45, 2.75) is 39.8 Å². The number of aryl methyl sites for hydroxylation is 1. The standard InChI is InChI=1S/C16H22N2O/c1-4-18-10-9-17-16(18)15(19)14-7-5-13(6-8-14)11-12(2)3/h5-10,12,15,19H,4,11H2,1-3H3. The monoisotopic (exact) mass is 258 g/mol. The zero-order chi connectivity index (χ0) is 13.8. The molecule has 3 heteroatoms. The van der Waals surface area contributed by atoms with Crippen LogP contribution in [-0.2, 0) is 13.0 Å². The first-order valence-electron chi connectivity index (χ1n) is 6.89. The number of hydrogen-bond acceptors (Lipinski definition) is 2. The molecule has 1 heterocycles. The van der Waals surface area contributed by atoms with E-state index in [2.05, 4.69) is 31.0 Å². The van der Waals surface area contributed by atoms with Crippen LogP contribution in [-0.4, -0.2) is 14.7 Å². The molecule has 1 unspecified atom stereocenters. The normalized spacial score (nSPS) is 12.9. The van der Waals surface area contributed by atoms with Gasteiger partial charge in [-0.1, -0.05) is 38.1 Å². The van der Waals surface area contributed by atoms with Crippen molar-refractivity contribution < 1.29 is 5.11 Å². The molecule has 0 saturated heterocycles. The summed E-state index contributed by atoms with van der Waals surface area (Å²) >= 11 is 0. The van der Waals surface area contributed by atoms with Gasteiger partial charge < -0.3 is 9.67 Å². The number of aliphatic hydroxyl groups excluding tert-OH is 1. The maximum Gasteiger partial charge on any atom is 0.142 e. The summed E-state index contributed by atoms with van der Waals surface area (Å²) in [5, 5.41) is 10.4. The number of aliphatic hydroxyl groups is 1. The second-order valence-corrected chi connectivity index (χ2v) is 5.31. The molecule has 0 aliphatic rings. The molecule has 0 radical (unpaired) electrons. The first kappa shape index (κ1) is 13.8. The molecule has 0 bridgehead atoms. The molecule has 0 fully saturated rings. The molecule has 2 aromatic rings. The molecule has 1 N–H and O–H groups in total. The van der Waals surface area contributed by atoms with Gasteiger partial charge in [-0.25, -0.2) is 4.98 Å². The Hall–Kier alpha value is -1.61. The number of hydrogen-bond donors (Lipinski definition) is 1. The van der Waals surface area contributed by atoms with Gasteiger partial charge >= 0.3 is 0 Å². The Bertz CT molecular complexity index is 514. The Kier molecular flexibility index (Phi) is 4.38. The molecular weight excluding hydrogens is 236 g/mol. The lowest BCUT2D eigenvalue weighted by atomic mass is 10.00. The fourth-order valence-electron chi connectivity index (χ4n) is 2.29. The summed E-state index contributed by atoms with van der Waals surface area (Å²) in [4.78, 5) is 4.25. The molecule has 1 aromatic heterocycles. The van der Waals surface area contributed by atoms with E-state index in [0.717, 1.165) is 18.5 Å². The quantitative estimate of drug-likeness (QED) is 0.894. The van der Waals surface area contributed by atoms with Gasteiger partial charge in [-0.2, -0.15) is 0 Å². The molecule has 2 rings (SSSR count). The van der Waals surface area contributed by atoms with Gasteiger partial charge in [0.25, 0.3) is 0 Å². The summed E-state index contributed by atoms with van der Waals surface area (Å²) in [6, 6.07) is 8.18. The van der Waals surface area contributed by atoms with Crippen LogP contribution in [0.2, 0.25) is 0 Å². The zero-order valence-electron chi connectivity index (χ0n) is 11.9. The number of benzene rings is 1. The number of rotatable bonds is 5. The average Bonchev–Trinajstić information content (AvgIpc) is 2.86. The Balaban J connectivity index is 2.18. The zero-order valence-corrected chi connectivity index (χ0v) is 11.9. The van der Waals surface area contributed by atoms with E-state index in [4.69, 9.17) is 0 Å². The van der Waals surface area contributed by atoms with Crippen LogP contribution >= 0.6 is 0 Å². The highest BCUT2D eigenvalue weighted by molar-refractivity contribution is 5.27. The predicted molar refractivity (Wildman–Crippen MR) is 76.9 cm³/mol. The lowest BCUT2D eigenvalue weighted by Crippen LogP contribution is -2.09. The van der Waals surface area contributed by atoms with Crippen molar-refractivity contribution in [1.82, 2.24) is 9.55 Å². The number of nitrogens with zero attached hydrogens (tertiary/aromatic N) is 2. The first-order chi connectivity index (χ1) is 9.11. The highest BCUT2D eigenvalue weighted by Gasteiger charge is 2.15. The predicted octanol–water partition coefficient (Wildman–Crippen LogP) is 3.18. The highest BCUT2D eigenvalue weighted by atomic mass is 16.3. The van der Waals surface area contributed by atoms with Crippen molar-refractivity contribution in [3.8, 4) is 0 Å². The van der Waals surface area contributed by atoms with Crippen LogP contribution in [0.25, 0.3) is 0 Å². The minimum absolute atomic E-state index is 0.648. The molecule has 1 atom stereocenters. The summed E-state index contributed by atoms with van der Waals surface area (Å²) in [6.45, 7) is 7.28. The largest absolute Gasteiger partial charge is 0.380 e. The van der Waals surface area contributed by atoms with Crippen LogP contribution in [0, 0.1) is 5.92 Å². The molecule has 0 amide bonds. The second-order valence-electron chi connectivity index (χ2n) is 5.31. The number of aromatic nitrogens is 2. The topological polar surface area (TPSA) is 38.0 Å². The molecule has 0 aliphatic heterocycles. The Morgan fingerprint density at radius 3 is 2.47 bits per heavy atom. The van der Waals surface area contributed by atoms with Gasteiger partial charge in [0.2, 0.25) is 0 Å². The van der Waals surface area contributed by atoms with Gasteiger partial charge in [0, 0.05) is 18.9 Å². The molecule has 102 valence electrons. The number of imidazole rings is 1. The van der Waals surface area contributed by atoms with Crippen molar-refractivity contribution >= 4 is 0 Å². The lowest BCUT2D eigenvalue weighted by molar-refractivity contribution is 0.205. The van der Waals surface area contributed by atoms with E-state index in [0.29, 0.717) is 11.7 Å². The van der Waals surface area contributed by atoms with Crippen LogP contribution in [0.4, 0.5) is 0 Å². The summed E-state index contributed by atoms with van der Waals surface area (Å²) in [5.41, 5.74) is 2.21. The third kappa shape index (κ3) is 3.24. The van der Waals surface area contributed by atoms with Crippen LogP contribution in [0.5, 0.6) is 0 Å². The molecule has 0 saturated carbocycles. The molecule has 19 heavy (non-hydrogen) atoms. The summed E-state index contributed by atoms with van der Waals surface area (Å²) in [5.74, 6) is 1.36. The lowest BCUT2D eigenvalue weighted by Gasteiger charge is -2.13. The minimum atomic E-state index is -0.650. The third-order valence-corrected chi connectivity index (χ3v) is 3.27. The highest BCUT2D eigenvalue weighted by Crippen LogP contribution is 2.21. The molecule has 1 aromatic carbocycles. The Morgan fingerprint density at radius 1 is 1.21 bits per heavy atom. The van der Waals surface area contributed by atoms with Gasteiger partial charge in [0.15, 0.2) is 0 Å². The van der Waals surface area contributed by atoms with Crippen molar-refractivity contribution in [1.29, 1.82) is 0 Å². The van der Waals surface area contributed by atoms with Crippen LogP contribution in [0.15, 0.2) is 36.7 Å². The van der Waals surface area contributed by atoms with Crippen LogP contribution in [0.3, 0.4) is 0 Å². The molecule has 0 aliphatic carbocycles. The van der Waals surface area contributed by atoms with Gasteiger partial charge in [-0.3, -0.25) is 0 Å². The molecule has 0 spiro atoms. The van der Waals surface area contributed by atoms with Crippen LogP contribution < -0.4 is 0 Å². The SMILES string of the molecule is CCn1ccnc1C(O)c1ccc(CC(C)C)cc1. The van der Waals surface area contributed by atoms with Gasteiger partial charge in [0.1, 0.15) is 11.9 Å². The van der Waals surface area contributed by atoms with Gasteiger partial charge in [-0.05, 0) is 30.4 Å². The first-order valence-corrected chi connectivity index (χ1v) is 6.89. The van der Waals surface area contributed by atoms with E-state index in [9.17, 15) is 5.11 Å². The van der Waals surface area contributed by atoms with Gasteiger partial charge in [-0.15, -0.1) is 0 Å². The summed E-state index contributed by atoms with van der Waals surface area (Å²) < 4.78 is 1.96. The fourth-order valence-corrected chi connectivity index (χ4v) is 2.29. The van der Waals surface area contributed by atoms with E-state index in [1.54, 1.807) is 6.20 Å². The molecular formula is C16H22N2O. The van der Waals surface area contributed by atoms with E-state index in [1.807, 2.05) is 29.8 Å². The maximum atomic E-state index is 10.4. The van der Waals surface area contributed by atoms with Crippen molar-refractivity contribution in [3.63, 3.8) is 0 Å². The summed E-state index contributed by atoms with van der Waals surface area (Å²) in [6.07, 6.45) is 4.05. The molecule has 3 nitrogen and oxygen atoms in total. The van der Waals surface area contributed by atoms with Crippen LogP contribution in [0.1, 0.15) is 43.8 Å². The Labute approximate surface area is 114 Å². The van der Waals surface area contributed by atoms with Crippen molar-refractivity contribution in [3.05, 3.63) is 53.6 Å². The summed E-state index contributed by atoms with van der Waals surface area (Å²) in [7, 11) is 0. The Morgan fingerprint density at radius 2 is 1.89 bits per heavy atom. The van der Waals surface area contributed by atoms with E-state index < -0.39 is 6.10 Å². The smallest absolute Gasteiger partial charge is 0.142 e. The van der Waals surface area contributed by atoms with E-state index >= 15 is 0 Å². The fraction of sp³-hybridized carbons (Fsp3) is 0.438. The minimum Gasteiger partial charge on any atom is -0.380 e. The second kappa shape index (κ2) is 6.02. The van der Waals surface area contributed by atoms with E-state index in [-0.39, 0.29) is 0 Å². The van der Waals surface area contributed by atoms with Gasteiger partial charge in [0.05, 0.1) is 0 Å².